The van der Waals surface area contributed by atoms with Crippen LogP contribution in [0.3, 0.4) is 0 Å². The zero-order valence-corrected chi connectivity index (χ0v) is 19.0. The topological polar surface area (TPSA) is 74.4 Å². The number of benzene rings is 1. The average molecular weight is 444 g/mol. The molecule has 164 valence electrons. The lowest BCUT2D eigenvalue weighted by Crippen LogP contribution is -2.30. The summed E-state index contributed by atoms with van der Waals surface area (Å²) in [6.07, 6.45) is 9.72. The number of fused-ring (bicyclic) bond motifs is 1. The lowest BCUT2D eigenvalue weighted by molar-refractivity contribution is 0.233. The standard InChI is InChI=1S/C21H33N3O3S.ClH/c1-24-13-3-6-19(24)15-17(9-12-23-28(2,25)26)5-4-14-27-20-7-8-21-18(16-20)10-11-22-21;/h7-8,10-11,16-17,19,22-23H,3-6,9,12-15H2,1-2H3;1H. The molecule has 2 heterocycles. The van der Waals surface area contributed by atoms with Crippen molar-refractivity contribution in [3.8, 4) is 5.75 Å². The van der Waals surface area contributed by atoms with Gasteiger partial charge in [-0.1, -0.05) is 0 Å². The van der Waals surface area contributed by atoms with Gasteiger partial charge in [0.1, 0.15) is 5.75 Å². The Hall–Kier alpha value is -1.28. The highest BCUT2D eigenvalue weighted by molar-refractivity contribution is 7.88. The van der Waals surface area contributed by atoms with Crippen LogP contribution in [0, 0.1) is 5.92 Å². The number of rotatable bonds is 11. The lowest BCUT2D eigenvalue weighted by atomic mass is 9.91. The first-order chi connectivity index (χ1) is 13.4. The van der Waals surface area contributed by atoms with E-state index in [0.29, 0.717) is 25.1 Å². The summed E-state index contributed by atoms with van der Waals surface area (Å²) in [5.74, 6) is 1.41. The van der Waals surface area contributed by atoms with Crippen LogP contribution >= 0.6 is 12.4 Å². The number of sulfonamides is 1. The molecule has 8 heteroatoms. The number of H-pyrrole nitrogens is 1. The summed E-state index contributed by atoms with van der Waals surface area (Å²) in [5, 5.41) is 1.16. The molecule has 3 rings (SSSR count). The predicted octanol–water partition coefficient (Wildman–Crippen LogP) is 3.79. The largest absolute Gasteiger partial charge is 0.494 e. The highest BCUT2D eigenvalue weighted by Gasteiger charge is 2.24. The Kier molecular flexibility index (Phi) is 9.27. The summed E-state index contributed by atoms with van der Waals surface area (Å²) in [7, 11) is -0.922. The Morgan fingerprint density at radius 2 is 2.14 bits per heavy atom. The summed E-state index contributed by atoms with van der Waals surface area (Å²) in [4.78, 5) is 5.63. The average Bonchev–Trinajstić information content (AvgIpc) is 3.26. The number of ether oxygens (including phenoxy) is 1. The van der Waals surface area contributed by atoms with E-state index in [0.717, 1.165) is 42.3 Å². The molecule has 0 radical (unpaired) electrons. The highest BCUT2D eigenvalue weighted by atomic mass is 35.5. The summed E-state index contributed by atoms with van der Waals surface area (Å²) in [6.45, 7) is 2.38. The molecular formula is C21H34ClN3O3S. The molecule has 1 saturated heterocycles. The van der Waals surface area contributed by atoms with Crippen molar-refractivity contribution in [3.05, 3.63) is 30.5 Å². The van der Waals surface area contributed by atoms with Gasteiger partial charge in [-0.15, -0.1) is 12.4 Å². The van der Waals surface area contributed by atoms with Crippen molar-refractivity contribution < 1.29 is 13.2 Å². The molecule has 29 heavy (non-hydrogen) atoms. The molecule has 6 nitrogen and oxygen atoms in total. The van der Waals surface area contributed by atoms with Crippen molar-refractivity contribution in [3.63, 3.8) is 0 Å². The number of likely N-dealkylation sites (tertiary alicyclic amines) is 1. The van der Waals surface area contributed by atoms with Crippen LogP contribution in [0.2, 0.25) is 0 Å². The summed E-state index contributed by atoms with van der Waals surface area (Å²) in [6, 6.07) is 8.78. The lowest BCUT2D eigenvalue weighted by Gasteiger charge is -2.25. The molecule has 0 spiro atoms. The van der Waals surface area contributed by atoms with Crippen LogP contribution in [0.1, 0.15) is 38.5 Å². The molecule has 1 aromatic heterocycles. The van der Waals surface area contributed by atoms with Gasteiger partial charge in [-0.3, -0.25) is 0 Å². The van der Waals surface area contributed by atoms with Crippen LogP contribution in [0.25, 0.3) is 10.9 Å². The van der Waals surface area contributed by atoms with E-state index in [1.807, 2.05) is 24.4 Å². The molecule has 1 aliphatic rings. The van der Waals surface area contributed by atoms with Gasteiger partial charge in [0.25, 0.3) is 0 Å². The van der Waals surface area contributed by atoms with Crippen molar-refractivity contribution in [1.29, 1.82) is 0 Å². The van der Waals surface area contributed by atoms with Crippen LogP contribution in [0.5, 0.6) is 5.75 Å². The van der Waals surface area contributed by atoms with Gasteiger partial charge < -0.3 is 14.6 Å². The van der Waals surface area contributed by atoms with Crippen molar-refractivity contribution >= 4 is 33.3 Å². The Balaban J connectivity index is 0.00000300. The third-order valence-corrected chi connectivity index (χ3v) is 6.47. The summed E-state index contributed by atoms with van der Waals surface area (Å²) >= 11 is 0. The van der Waals surface area contributed by atoms with Crippen LogP contribution in [-0.2, 0) is 10.0 Å². The van der Waals surface area contributed by atoms with E-state index >= 15 is 0 Å². The van der Waals surface area contributed by atoms with E-state index in [1.54, 1.807) is 0 Å². The van der Waals surface area contributed by atoms with Crippen molar-refractivity contribution in [2.24, 2.45) is 5.92 Å². The van der Waals surface area contributed by atoms with Gasteiger partial charge >= 0.3 is 0 Å². The van der Waals surface area contributed by atoms with Gasteiger partial charge in [0.2, 0.25) is 10.0 Å². The van der Waals surface area contributed by atoms with E-state index in [9.17, 15) is 8.42 Å². The first kappa shape index (κ1) is 24.0. The zero-order chi connectivity index (χ0) is 20.0. The van der Waals surface area contributed by atoms with Gasteiger partial charge in [-0.25, -0.2) is 13.1 Å². The molecule has 2 N–H and O–H groups in total. The number of aromatic amines is 1. The fourth-order valence-corrected chi connectivity index (χ4v) is 4.66. The summed E-state index contributed by atoms with van der Waals surface area (Å²) in [5.41, 5.74) is 1.12. The maximum Gasteiger partial charge on any atom is 0.208 e. The Morgan fingerprint density at radius 1 is 1.31 bits per heavy atom. The van der Waals surface area contributed by atoms with Crippen LogP contribution in [0.15, 0.2) is 30.5 Å². The monoisotopic (exact) mass is 443 g/mol. The highest BCUT2D eigenvalue weighted by Crippen LogP contribution is 2.26. The number of halogens is 1. The minimum Gasteiger partial charge on any atom is -0.494 e. The van der Waals surface area contributed by atoms with Gasteiger partial charge in [-0.2, -0.15) is 0 Å². The molecular weight excluding hydrogens is 410 g/mol. The second-order valence-corrected chi connectivity index (χ2v) is 9.88. The van der Waals surface area contributed by atoms with Gasteiger partial charge in [-0.05, 0) is 82.3 Å². The quantitative estimate of drug-likeness (QED) is 0.518. The molecule has 2 aromatic rings. The molecule has 1 aliphatic heterocycles. The molecule has 0 aliphatic carbocycles. The molecule has 0 bridgehead atoms. The Labute approximate surface area is 180 Å². The van der Waals surface area contributed by atoms with Gasteiger partial charge in [0.15, 0.2) is 0 Å². The summed E-state index contributed by atoms with van der Waals surface area (Å²) < 4.78 is 31.3. The molecule has 2 atom stereocenters. The molecule has 1 fully saturated rings. The fraction of sp³-hybridized carbons (Fsp3) is 0.619. The number of nitrogens with one attached hydrogen (secondary N) is 2. The van der Waals surface area contributed by atoms with Crippen LogP contribution in [-0.4, -0.2) is 57.3 Å². The minimum absolute atomic E-state index is 0. The van der Waals surface area contributed by atoms with E-state index in [1.165, 1.54) is 25.6 Å². The molecule has 0 saturated carbocycles. The minimum atomic E-state index is -3.12. The maximum absolute atomic E-state index is 11.4. The number of nitrogens with zero attached hydrogens (tertiary/aromatic N) is 1. The molecule has 0 amide bonds. The third-order valence-electron chi connectivity index (χ3n) is 5.74. The maximum atomic E-state index is 11.4. The van der Waals surface area contributed by atoms with Gasteiger partial charge in [0, 0.05) is 29.7 Å². The normalized spacial score (nSPS) is 18.6. The van der Waals surface area contributed by atoms with E-state index < -0.39 is 10.0 Å². The predicted molar refractivity (Wildman–Crippen MR) is 121 cm³/mol. The third kappa shape index (κ3) is 7.81. The molecule has 1 aromatic carbocycles. The number of hydrogen-bond donors (Lipinski definition) is 2. The van der Waals surface area contributed by atoms with Crippen molar-refractivity contribution in [2.45, 2.75) is 44.6 Å². The van der Waals surface area contributed by atoms with Crippen molar-refractivity contribution in [1.82, 2.24) is 14.6 Å². The number of hydrogen-bond acceptors (Lipinski definition) is 4. The van der Waals surface area contributed by atoms with Crippen LogP contribution in [0.4, 0.5) is 0 Å². The van der Waals surface area contributed by atoms with E-state index in [2.05, 4.69) is 27.7 Å². The smallest absolute Gasteiger partial charge is 0.208 e. The fourth-order valence-electron chi connectivity index (χ4n) is 4.17. The zero-order valence-electron chi connectivity index (χ0n) is 17.4. The Bertz CT molecular complexity index is 856. The second kappa shape index (κ2) is 11.2. The van der Waals surface area contributed by atoms with Gasteiger partial charge in [0.05, 0.1) is 12.9 Å². The van der Waals surface area contributed by atoms with E-state index in [-0.39, 0.29) is 12.4 Å². The van der Waals surface area contributed by atoms with Crippen molar-refractivity contribution in [2.75, 3.05) is 33.0 Å². The first-order valence-electron chi connectivity index (χ1n) is 10.3. The Morgan fingerprint density at radius 3 is 2.86 bits per heavy atom. The second-order valence-electron chi connectivity index (χ2n) is 8.05. The van der Waals surface area contributed by atoms with Crippen LogP contribution < -0.4 is 9.46 Å². The first-order valence-corrected chi connectivity index (χ1v) is 12.1. The SMILES string of the molecule is CN1CCCC1CC(CCCOc1ccc2[nH]ccc2c1)CCNS(C)(=O)=O.Cl. The number of aromatic nitrogens is 1. The molecule has 2 unspecified atom stereocenters. The van der Waals surface area contributed by atoms with E-state index in [4.69, 9.17) is 4.74 Å².